The fourth-order valence-electron chi connectivity index (χ4n) is 1.88. The van der Waals surface area contributed by atoms with Crippen molar-refractivity contribution >= 4 is 28.7 Å². The van der Waals surface area contributed by atoms with Gasteiger partial charge in [0.25, 0.3) is 5.69 Å². The minimum Gasteiger partial charge on any atom is -0.398 e. The van der Waals surface area contributed by atoms with Crippen molar-refractivity contribution in [3.63, 3.8) is 0 Å². The maximum atomic E-state index is 10.8. The molecule has 0 spiro atoms. The summed E-state index contributed by atoms with van der Waals surface area (Å²) >= 11 is 5.90. The zero-order chi connectivity index (χ0) is 14.7. The molecule has 0 aliphatic carbocycles. The van der Waals surface area contributed by atoms with Gasteiger partial charge in [0.1, 0.15) is 5.02 Å². The average Bonchev–Trinajstić information content (AvgIpc) is 2.40. The summed E-state index contributed by atoms with van der Waals surface area (Å²) in [7, 11) is 0. The topological polar surface area (TPSA) is 81.2 Å². The molecule has 104 valence electrons. The molecular formula is C14H14ClN3O2. The lowest BCUT2D eigenvalue weighted by molar-refractivity contribution is -0.384. The van der Waals surface area contributed by atoms with Crippen LogP contribution in [0.4, 0.5) is 17.1 Å². The first-order valence-electron chi connectivity index (χ1n) is 6.01. The largest absolute Gasteiger partial charge is 0.398 e. The molecule has 2 rings (SSSR count). The first-order valence-corrected chi connectivity index (χ1v) is 6.38. The Balaban J connectivity index is 2.21. The number of halogens is 1. The van der Waals surface area contributed by atoms with Crippen LogP contribution in [0.25, 0.3) is 0 Å². The van der Waals surface area contributed by atoms with Crippen molar-refractivity contribution in [2.75, 3.05) is 11.1 Å². The number of nitrogens with one attached hydrogen (secondary N) is 1. The van der Waals surface area contributed by atoms with Gasteiger partial charge in [-0.25, -0.2) is 0 Å². The summed E-state index contributed by atoms with van der Waals surface area (Å²) in [6, 6.07) is 10.5. The zero-order valence-electron chi connectivity index (χ0n) is 10.9. The summed E-state index contributed by atoms with van der Waals surface area (Å²) in [5.74, 6) is 0. The van der Waals surface area contributed by atoms with Gasteiger partial charge in [0.15, 0.2) is 0 Å². The van der Waals surface area contributed by atoms with E-state index >= 15 is 0 Å². The molecule has 2 aromatic carbocycles. The van der Waals surface area contributed by atoms with E-state index in [1.165, 1.54) is 6.07 Å². The molecule has 6 heteroatoms. The summed E-state index contributed by atoms with van der Waals surface area (Å²) < 4.78 is 0. The van der Waals surface area contributed by atoms with Crippen LogP contribution in [0.15, 0.2) is 36.4 Å². The highest BCUT2D eigenvalue weighted by Crippen LogP contribution is 2.30. The zero-order valence-corrected chi connectivity index (χ0v) is 11.6. The van der Waals surface area contributed by atoms with Crippen LogP contribution in [-0.2, 0) is 6.54 Å². The molecule has 0 saturated heterocycles. The Kier molecular flexibility index (Phi) is 4.10. The number of rotatable bonds is 4. The number of aryl methyl sites for hydroxylation is 1. The number of nitrogens with two attached hydrogens (primary N) is 1. The number of nitrogens with zero attached hydrogens (tertiary/aromatic N) is 1. The fourth-order valence-corrected chi connectivity index (χ4v) is 2.11. The smallest absolute Gasteiger partial charge is 0.288 e. The summed E-state index contributed by atoms with van der Waals surface area (Å²) in [6.45, 7) is 2.32. The average molecular weight is 292 g/mol. The Morgan fingerprint density at radius 3 is 2.70 bits per heavy atom. The molecule has 0 fully saturated rings. The van der Waals surface area contributed by atoms with Gasteiger partial charge in [-0.2, -0.15) is 0 Å². The van der Waals surface area contributed by atoms with Gasteiger partial charge in [0.05, 0.1) is 4.92 Å². The van der Waals surface area contributed by atoms with Crippen LogP contribution in [0.2, 0.25) is 5.02 Å². The molecule has 0 bridgehead atoms. The molecule has 5 nitrogen and oxygen atoms in total. The summed E-state index contributed by atoms with van der Waals surface area (Å²) in [6.07, 6.45) is 0. The van der Waals surface area contributed by atoms with Gasteiger partial charge in [0.2, 0.25) is 0 Å². The Hall–Kier alpha value is -2.27. The van der Waals surface area contributed by atoms with Crippen molar-refractivity contribution in [3.05, 3.63) is 62.7 Å². The van der Waals surface area contributed by atoms with Gasteiger partial charge >= 0.3 is 0 Å². The van der Waals surface area contributed by atoms with E-state index in [4.69, 9.17) is 17.3 Å². The van der Waals surface area contributed by atoms with E-state index in [-0.39, 0.29) is 10.7 Å². The lowest BCUT2D eigenvalue weighted by Crippen LogP contribution is -2.04. The number of nitro groups is 1. The number of benzene rings is 2. The Bertz CT molecular complexity index is 659. The summed E-state index contributed by atoms with van der Waals surface area (Å²) in [4.78, 5) is 10.3. The van der Waals surface area contributed by atoms with Crippen molar-refractivity contribution in [2.45, 2.75) is 13.5 Å². The van der Waals surface area contributed by atoms with Gasteiger partial charge in [0, 0.05) is 24.0 Å². The molecule has 0 aromatic heterocycles. The lowest BCUT2D eigenvalue weighted by atomic mass is 10.1. The quantitative estimate of drug-likeness (QED) is 0.510. The van der Waals surface area contributed by atoms with Crippen LogP contribution in [0.1, 0.15) is 11.1 Å². The van der Waals surface area contributed by atoms with E-state index in [9.17, 15) is 10.1 Å². The first-order chi connectivity index (χ1) is 9.49. The summed E-state index contributed by atoms with van der Waals surface area (Å²) in [5.41, 5.74) is 8.94. The van der Waals surface area contributed by atoms with E-state index in [2.05, 4.69) is 5.32 Å². The van der Waals surface area contributed by atoms with Crippen LogP contribution in [0, 0.1) is 17.0 Å². The molecule has 0 unspecified atom stereocenters. The molecule has 3 N–H and O–H groups in total. The monoisotopic (exact) mass is 291 g/mol. The van der Waals surface area contributed by atoms with E-state index in [1.54, 1.807) is 13.0 Å². The molecule has 20 heavy (non-hydrogen) atoms. The maximum absolute atomic E-state index is 10.8. The van der Waals surface area contributed by atoms with Gasteiger partial charge in [-0.15, -0.1) is 0 Å². The normalized spacial score (nSPS) is 10.3. The van der Waals surface area contributed by atoms with Crippen molar-refractivity contribution in [3.8, 4) is 0 Å². The molecule has 0 atom stereocenters. The molecule has 0 aliphatic heterocycles. The standard InChI is InChI=1S/C14H14ClN3O2/c1-9-6-14(18(19)20)11(15)7-13(9)17-8-10-4-2-3-5-12(10)16/h2-7,17H,8,16H2,1H3. The van der Waals surface area contributed by atoms with E-state index in [0.29, 0.717) is 12.2 Å². The number of para-hydroxylation sites is 1. The molecule has 2 aromatic rings. The molecule has 0 aliphatic rings. The van der Waals surface area contributed by atoms with Crippen molar-refractivity contribution in [2.24, 2.45) is 0 Å². The third-order valence-electron chi connectivity index (χ3n) is 3.01. The Morgan fingerprint density at radius 2 is 2.05 bits per heavy atom. The highest BCUT2D eigenvalue weighted by atomic mass is 35.5. The van der Waals surface area contributed by atoms with Crippen LogP contribution in [-0.4, -0.2) is 4.92 Å². The maximum Gasteiger partial charge on any atom is 0.288 e. The van der Waals surface area contributed by atoms with Gasteiger partial charge in [-0.3, -0.25) is 10.1 Å². The second-order valence-electron chi connectivity index (χ2n) is 4.43. The number of hydrogen-bond donors (Lipinski definition) is 2. The summed E-state index contributed by atoms with van der Waals surface area (Å²) in [5, 5.41) is 14.1. The lowest BCUT2D eigenvalue weighted by Gasteiger charge is -2.11. The number of anilines is 2. The molecule has 0 saturated carbocycles. The van der Waals surface area contributed by atoms with Gasteiger partial charge in [-0.1, -0.05) is 29.8 Å². The van der Waals surface area contributed by atoms with Crippen molar-refractivity contribution in [1.82, 2.24) is 0 Å². The predicted molar refractivity (Wildman–Crippen MR) is 81.0 cm³/mol. The highest BCUT2D eigenvalue weighted by molar-refractivity contribution is 6.33. The van der Waals surface area contributed by atoms with E-state index < -0.39 is 4.92 Å². The predicted octanol–water partition coefficient (Wildman–Crippen LogP) is 3.75. The van der Waals surface area contributed by atoms with Crippen LogP contribution < -0.4 is 11.1 Å². The number of nitro benzene ring substituents is 1. The SMILES string of the molecule is Cc1cc([N+](=O)[O-])c(Cl)cc1NCc1ccccc1N. The minimum absolute atomic E-state index is 0.0889. The van der Waals surface area contributed by atoms with Crippen molar-refractivity contribution < 1.29 is 4.92 Å². The molecule has 0 amide bonds. The Morgan fingerprint density at radius 1 is 1.35 bits per heavy atom. The fraction of sp³-hybridized carbons (Fsp3) is 0.143. The van der Waals surface area contributed by atoms with Crippen LogP contribution >= 0.6 is 11.6 Å². The van der Waals surface area contributed by atoms with E-state index in [1.807, 2.05) is 24.3 Å². The Labute approximate surface area is 121 Å². The van der Waals surface area contributed by atoms with Crippen LogP contribution in [0.3, 0.4) is 0 Å². The highest BCUT2D eigenvalue weighted by Gasteiger charge is 2.14. The third-order valence-corrected chi connectivity index (χ3v) is 3.32. The van der Waals surface area contributed by atoms with Crippen LogP contribution in [0.5, 0.6) is 0 Å². The number of hydrogen-bond acceptors (Lipinski definition) is 4. The van der Waals surface area contributed by atoms with Gasteiger partial charge in [-0.05, 0) is 30.2 Å². The second kappa shape index (κ2) is 5.79. The molecular weight excluding hydrogens is 278 g/mol. The second-order valence-corrected chi connectivity index (χ2v) is 4.84. The molecule has 0 radical (unpaired) electrons. The van der Waals surface area contributed by atoms with Crippen molar-refractivity contribution in [1.29, 1.82) is 0 Å². The molecule has 0 heterocycles. The van der Waals surface area contributed by atoms with E-state index in [0.717, 1.165) is 16.8 Å². The third kappa shape index (κ3) is 3.00. The minimum atomic E-state index is -0.492. The van der Waals surface area contributed by atoms with Gasteiger partial charge < -0.3 is 11.1 Å². The number of nitrogen functional groups attached to an aromatic ring is 1. The first kappa shape index (κ1) is 14.1.